The average Bonchev–Trinajstić information content (AvgIpc) is 2.96. The van der Waals surface area contributed by atoms with Gasteiger partial charge in [-0.1, -0.05) is 36.4 Å². The van der Waals surface area contributed by atoms with Gasteiger partial charge in [0.25, 0.3) is 0 Å². The van der Waals surface area contributed by atoms with Crippen LogP contribution in [0.1, 0.15) is 28.3 Å². The normalized spacial score (nSPS) is 14.7. The first-order valence-corrected chi connectivity index (χ1v) is 7.03. The molecule has 3 N–H and O–H groups in total. The number of fused-ring (bicyclic) bond motifs is 1. The monoisotopic (exact) mass is 268 g/mol. The Bertz CT molecular complexity index is 610. The van der Waals surface area contributed by atoms with Crippen LogP contribution in [0, 0.1) is 0 Å². The fourth-order valence-electron chi connectivity index (χ4n) is 2.81. The van der Waals surface area contributed by atoms with Crippen molar-refractivity contribution >= 4 is 0 Å². The Morgan fingerprint density at radius 2 is 2.05 bits per heavy atom. The number of nitrogens with one attached hydrogen (secondary N) is 1. The van der Waals surface area contributed by atoms with Crippen molar-refractivity contribution in [3.05, 3.63) is 64.7 Å². The highest BCUT2D eigenvalue weighted by molar-refractivity contribution is 5.43. The lowest BCUT2D eigenvalue weighted by molar-refractivity contribution is 0.357. The van der Waals surface area contributed by atoms with Gasteiger partial charge in [0.05, 0.1) is 12.6 Å². The molecule has 0 aliphatic carbocycles. The zero-order valence-corrected chi connectivity index (χ0v) is 11.7. The molecule has 0 radical (unpaired) electrons. The van der Waals surface area contributed by atoms with Gasteiger partial charge >= 0.3 is 0 Å². The van der Waals surface area contributed by atoms with Crippen LogP contribution in [0.2, 0.25) is 0 Å². The SMILES string of the molecule is CNC(c1cccc(CN)c1)c1ccc2c(c1)CCO2. The van der Waals surface area contributed by atoms with Crippen LogP contribution in [-0.4, -0.2) is 13.7 Å². The minimum Gasteiger partial charge on any atom is -0.493 e. The highest BCUT2D eigenvalue weighted by Gasteiger charge is 2.17. The molecule has 1 heterocycles. The van der Waals surface area contributed by atoms with Crippen molar-refractivity contribution < 1.29 is 4.74 Å². The number of benzene rings is 2. The van der Waals surface area contributed by atoms with Crippen molar-refractivity contribution in [1.29, 1.82) is 0 Å². The van der Waals surface area contributed by atoms with Crippen LogP contribution >= 0.6 is 0 Å². The molecule has 0 bridgehead atoms. The molecule has 0 saturated carbocycles. The molecule has 0 saturated heterocycles. The predicted molar refractivity (Wildman–Crippen MR) is 80.9 cm³/mol. The van der Waals surface area contributed by atoms with Crippen LogP contribution in [0.15, 0.2) is 42.5 Å². The van der Waals surface area contributed by atoms with E-state index in [2.05, 4.69) is 47.8 Å². The molecule has 3 nitrogen and oxygen atoms in total. The van der Waals surface area contributed by atoms with E-state index in [0.29, 0.717) is 6.54 Å². The van der Waals surface area contributed by atoms with E-state index in [1.807, 2.05) is 7.05 Å². The average molecular weight is 268 g/mol. The van der Waals surface area contributed by atoms with E-state index in [1.165, 1.54) is 16.7 Å². The molecule has 2 aromatic rings. The van der Waals surface area contributed by atoms with Crippen molar-refractivity contribution in [3.63, 3.8) is 0 Å². The summed E-state index contributed by atoms with van der Waals surface area (Å²) in [6.07, 6.45) is 1.00. The van der Waals surface area contributed by atoms with Crippen molar-refractivity contribution in [2.75, 3.05) is 13.7 Å². The van der Waals surface area contributed by atoms with E-state index in [4.69, 9.17) is 10.5 Å². The minimum atomic E-state index is 0.187. The summed E-state index contributed by atoms with van der Waals surface area (Å²) >= 11 is 0. The van der Waals surface area contributed by atoms with Crippen molar-refractivity contribution in [2.45, 2.75) is 19.0 Å². The number of hydrogen-bond acceptors (Lipinski definition) is 3. The van der Waals surface area contributed by atoms with Gasteiger partial charge in [-0.3, -0.25) is 0 Å². The zero-order valence-electron chi connectivity index (χ0n) is 11.7. The second-order valence-electron chi connectivity index (χ2n) is 5.14. The summed E-state index contributed by atoms with van der Waals surface area (Å²) in [6.45, 7) is 1.37. The van der Waals surface area contributed by atoms with Crippen LogP contribution in [0.5, 0.6) is 5.75 Å². The van der Waals surface area contributed by atoms with E-state index in [1.54, 1.807) is 0 Å². The van der Waals surface area contributed by atoms with Crippen LogP contribution in [0.25, 0.3) is 0 Å². The quantitative estimate of drug-likeness (QED) is 0.895. The Balaban J connectivity index is 1.96. The standard InChI is InChI=1S/C17H20N2O/c1-19-17(14-4-2-3-12(9-14)11-18)15-5-6-16-13(10-15)7-8-20-16/h2-6,9-10,17,19H,7-8,11,18H2,1H3. The third-order valence-electron chi connectivity index (χ3n) is 3.86. The van der Waals surface area contributed by atoms with Gasteiger partial charge in [0, 0.05) is 13.0 Å². The molecule has 1 aliphatic heterocycles. The van der Waals surface area contributed by atoms with E-state index < -0.39 is 0 Å². The van der Waals surface area contributed by atoms with Crippen molar-refractivity contribution in [2.24, 2.45) is 5.73 Å². The molecule has 1 unspecified atom stereocenters. The predicted octanol–water partition coefficient (Wildman–Crippen LogP) is 2.39. The highest BCUT2D eigenvalue weighted by Crippen LogP contribution is 2.30. The lowest BCUT2D eigenvalue weighted by Crippen LogP contribution is -2.18. The van der Waals surface area contributed by atoms with Crippen molar-refractivity contribution in [3.8, 4) is 5.75 Å². The summed E-state index contributed by atoms with van der Waals surface area (Å²) in [6, 6.07) is 15.1. The van der Waals surface area contributed by atoms with Gasteiger partial charge in [-0.2, -0.15) is 0 Å². The van der Waals surface area contributed by atoms with Gasteiger partial charge in [0.15, 0.2) is 0 Å². The van der Waals surface area contributed by atoms with Crippen LogP contribution in [0.3, 0.4) is 0 Å². The third-order valence-corrected chi connectivity index (χ3v) is 3.86. The van der Waals surface area contributed by atoms with Gasteiger partial charge < -0.3 is 15.8 Å². The molecule has 0 aromatic heterocycles. The fraction of sp³-hybridized carbons (Fsp3) is 0.294. The second kappa shape index (κ2) is 5.65. The summed E-state index contributed by atoms with van der Waals surface area (Å²) < 4.78 is 5.57. The molecule has 104 valence electrons. The molecular formula is C17H20N2O. The number of nitrogens with two attached hydrogens (primary N) is 1. The maximum Gasteiger partial charge on any atom is 0.122 e. The Hall–Kier alpha value is -1.84. The van der Waals surface area contributed by atoms with Gasteiger partial charge in [0.1, 0.15) is 5.75 Å². The number of rotatable bonds is 4. The van der Waals surface area contributed by atoms with E-state index >= 15 is 0 Å². The molecule has 2 aromatic carbocycles. The Morgan fingerprint density at radius 3 is 2.85 bits per heavy atom. The van der Waals surface area contributed by atoms with Crippen molar-refractivity contribution in [1.82, 2.24) is 5.32 Å². The molecule has 0 fully saturated rings. The third kappa shape index (κ3) is 2.42. The largest absolute Gasteiger partial charge is 0.493 e. The lowest BCUT2D eigenvalue weighted by Gasteiger charge is -2.18. The lowest BCUT2D eigenvalue weighted by atomic mass is 9.95. The molecule has 1 atom stereocenters. The maximum atomic E-state index is 5.74. The first-order valence-electron chi connectivity index (χ1n) is 7.03. The minimum absolute atomic E-state index is 0.187. The summed E-state index contributed by atoms with van der Waals surface area (Å²) in [5.74, 6) is 1.03. The molecule has 20 heavy (non-hydrogen) atoms. The Kier molecular flexibility index (Phi) is 3.72. The van der Waals surface area contributed by atoms with Gasteiger partial charge in [-0.15, -0.1) is 0 Å². The number of ether oxygens (including phenoxy) is 1. The molecule has 3 rings (SSSR count). The summed E-state index contributed by atoms with van der Waals surface area (Å²) in [4.78, 5) is 0. The smallest absolute Gasteiger partial charge is 0.122 e. The van der Waals surface area contributed by atoms with Crippen LogP contribution in [-0.2, 0) is 13.0 Å². The van der Waals surface area contributed by atoms with Gasteiger partial charge in [0.2, 0.25) is 0 Å². The highest BCUT2D eigenvalue weighted by atomic mass is 16.5. The van der Waals surface area contributed by atoms with E-state index in [-0.39, 0.29) is 6.04 Å². The summed E-state index contributed by atoms with van der Waals surface area (Å²) in [5.41, 5.74) is 10.7. The van der Waals surface area contributed by atoms with E-state index in [0.717, 1.165) is 24.3 Å². The molecular weight excluding hydrogens is 248 g/mol. The molecule has 0 amide bonds. The zero-order chi connectivity index (χ0) is 13.9. The summed E-state index contributed by atoms with van der Waals surface area (Å²) in [7, 11) is 1.99. The van der Waals surface area contributed by atoms with Crippen LogP contribution in [0.4, 0.5) is 0 Å². The van der Waals surface area contributed by atoms with Gasteiger partial charge in [-0.25, -0.2) is 0 Å². The van der Waals surface area contributed by atoms with Gasteiger partial charge in [-0.05, 0) is 35.4 Å². The fourth-order valence-corrected chi connectivity index (χ4v) is 2.81. The van der Waals surface area contributed by atoms with E-state index in [9.17, 15) is 0 Å². The molecule has 1 aliphatic rings. The Labute approximate surface area is 119 Å². The maximum absolute atomic E-state index is 5.74. The first-order chi connectivity index (χ1) is 9.81. The second-order valence-corrected chi connectivity index (χ2v) is 5.14. The summed E-state index contributed by atoms with van der Waals surface area (Å²) in [5, 5.41) is 3.40. The first kappa shape index (κ1) is 13.2. The molecule has 3 heteroatoms. The van der Waals surface area contributed by atoms with Crippen LogP contribution < -0.4 is 15.8 Å². The molecule has 0 spiro atoms. The topological polar surface area (TPSA) is 47.3 Å². The number of hydrogen-bond donors (Lipinski definition) is 2. The Morgan fingerprint density at radius 1 is 1.20 bits per heavy atom.